The van der Waals surface area contributed by atoms with Crippen molar-refractivity contribution < 1.29 is 5.11 Å². The molecule has 1 aliphatic rings. The second-order valence-corrected chi connectivity index (χ2v) is 6.76. The van der Waals surface area contributed by atoms with Gasteiger partial charge in [0.1, 0.15) is 0 Å². The summed E-state index contributed by atoms with van der Waals surface area (Å²) >= 11 is 1.79. The van der Waals surface area contributed by atoms with Gasteiger partial charge in [0.25, 0.3) is 0 Å². The van der Waals surface area contributed by atoms with Crippen LogP contribution in [0.2, 0.25) is 0 Å². The Kier molecular flexibility index (Phi) is 5.01. The molecule has 2 heterocycles. The van der Waals surface area contributed by atoms with Gasteiger partial charge >= 0.3 is 0 Å². The number of hydrogen-bond acceptors (Lipinski definition) is 4. The molecule has 1 saturated heterocycles. The number of rotatable bonds is 4. The Bertz CT molecular complexity index is 407. The molecule has 1 fully saturated rings. The van der Waals surface area contributed by atoms with Gasteiger partial charge in [-0.15, -0.1) is 11.3 Å². The molecular weight excluding hydrogens is 256 g/mol. The van der Waals surface area contributed by atoms with E-state index in [0.29, 0.717) is 5.92 Å². The van der Waals surface area contributed by atoms with E-state index < -0.39 is 0 Å². The van der Waals surface area contributed by atoms with Gasteiger partial charge in [-0.2, -0.15) is 0 Å². The molecule has 2 rings (SSSR count). The SMILES string of the molecule is CCC(N)C(c1sccc1C)N1CCC(C)C(O)C1. The zero-order valence-corrected chi connectivity index (χ0v) is 13.0. The molecular formula is C15H26N2OS. The summed E-state index contributed by atoms with van der Waals surface area (Å²) in [7, 11) is 0. The van der Waals surface area contributed by atoms with E-state index in [1.807, 2.05) is 0 Å². The molecule has 0 bridgehead atoms. The molecule has 1 aromatic heterocycles. The van der Waals surface area contributed by atoms with Crippen molar-refractivity contribution in [1.29, 1.82) is 0 Å². The Morgan fingerprint density at radius 2 is 2.32 bits per heavy atom. The van der Waals surface area contributed by atoms with Gasteiger partial charge in [-0.3, -0.25) is 4.90 Å². The fraction of sp³-hybridized carbons (Fsp3) is 0.733. The Balaban J connectivity index is 2.21. The first-order valence-corrected chi connectivity index (χ1v) is 8.14. The molecule has 4 heteroatoms. The number of nitrogens with two attached hydrogens (primary N) is 1. The van der Waals surface area contributed by atoms with Crippen molar-refractivity contribution >= 4 is 11.3 Å². The summed E-state index contributed by atoms with van der Waals surface area (Å²) in [6.45, 7) is 8.21. The van der Waals surface area contributed by atoms with E-state index in [4.69, 9.17) is 5.73 Å². The van der Waals surface area contributed by atoms with Crippen molar-refractivity contribution in [3.63, 3.8) is 0 Å². The van der Waals surface area contributed by atoms with E-state index in [0.717, 1.165) is 25.9 Å². The molecule has 4 unspecified atom stereocenters. The number of β-amino-alcohol motifs (C(OH)–C–C–N with tert-alkyl or cyclic N) is 1. The van der Waals surface area contributed by atoms with Gasteiger partial charge in [-0.1, -0.05) is 13.8 Å². The van der Waals surface area contributed by atoms with Crippen LogP contribution in [0.3, 0.4) is 0 Å². The Hall–Kier alpha value is -0.420. The number of aryl methyl sites for hydroxylation is 1. The summed E-state index contributed by atoms with van der Waals surface area (Å²) in [4.78, 5) is 3.76. The molecule has 0 spiro atoms. The van der Waals surface area contributed by atoms with E-state index in [9.17, 15) is 5.11 Å². The minimum Gasteiger partial charge on any atom is -0.392 e. The van der Waals surface area contributed by atoms with Crippen molar-refractivity contribution in [2.45, 2.75) is 51.8 Å². The van der Waals surface area contributed by atoms with Crippen LogP contribution in [0, 0.1) is 12.8 Å². The number of aliphatic hydroxyl groups is 1. The normalized spacial score (nSPS) is 28.3. The zero-order valence-electron chi connectivity index (χ0n) is 12.2. The lowest BCUT2D eigenvalue weighted by atomic mass is 9.92. The van der Waals surface area contributed by atoms with Gasteiger partial charge in [0.15, 0.2) is 0 Å². The Labute approximate surface area is 120 Å². The fourth-order valence-corrected chi connectivity index (χ4v) is 4.00. The largest absolute Gasteiger partial charge is 0.392 e. The van der Waals surface area contributed by atoms with E-state index in [1.165, 1.54) is 10.4 Å². The van der Waals surface area contributed by atoms with Crippen LogP contribution in [0.25, 0.3) is 0 Å². The fourth-order valence-electron chi connectivity index (χ4n) is 2.87. The van der Waals surface area contributed by atoms with E-state index in [-0.39, 0.29) is 18.2 Å². The first kappa shape index (κ1) is 15.0. The third-order valence-electron chi connectivity index (χ3n) is 4.39. The summed E-state index contributed by atoms with van der Waals surface area (Å²) < 4.78 is 0. The number of nitrogens with zero attached hydrogens (tertiary/aromatic N) is 1. The lowest BCUT2D eigenvalue weighted by Crippen LogP contribution is -2.49. The standard InChI is InChI=1S/C15H26N2OS/c1-4-12(16)14(15-11(3)6-8-19-15)17-7-5-10(2)13(18)9-17/h6,8,10,12-14,18H,4-5,7,9,16H2,1-3H3. The van der Waals surface area contributed by atoms with E-state index in [2.05, 4.69) is 37.1 Å². The van der Waals surface area contributed by atoms with E-state index in [1.54, 1.807) is 11.3 Å². The maximum absolute atomic E-state index is 10.1. The van der Waals surface area contributed by atoms with Crippen molar-refractivity contribution in [2.75, 3.05) is 13.1 Å². The van der Waals surface area contributed by atoms with Crippen LogP contribution in [0.15, 0.2) is 11.4 Å². The molecule has 0 radical (unpaired) electrons. The highest BCUT2D eigenvalue weighted by molar-refractivity contribution is 7.10. The lowest BCUT2D eigenvalue weighted by molar-refractivity contribution is 0.00459. The lowest BCUT2D eigenvalue weighted by Gasteiger charge is -2.41. The van der Waals surface area contributed by atoms with Crippen molar-refractivity contribution in [3.8, 4) is 0 Å². The van der Waals surface area contributed by atoms with Crippen LogP contribution in [-0.2, 0) is 0 Å². The molecule has 0 aromatic carbocycles. The highest BCUT2D eigenvalue weighted by Crippen LogP contribution is 2.34. The van der Waals surface area contributed by atoms with E-state index >= 15 is 0 Å². The summed E-state index contributed by atoms with van der Waals surface area (Å²) in [5.41, 5.74) is 7.70. The topological polar surface area (TPSA) is 49.5 Å². The smallest absolute Gasteiger partial charge is 0.0693 e. The molecule has 1 aromatic rings. The van der Waals surface area contributed by atoms with Crippen LogP contribution in [0.4, 0.5) is 0 Å². The molecule has 4 atom stereocenters. The highest BCUT2D eigenvalue weighted by Gasteiger charge is 2.33. The number of piperidine rings is 1. The number of likely N-dealkylation sites (tertiary alicyclic amines) is 1. The zero-order chi connectivity index (χ0) is 14.0. The van der Waals surface area contributed by atoms with Crippen molar-refractivity contribution in [2.24, 2.45) is 11.7 Å². The van der Waals surface area contributed by atoms with Crippen LogP contribution < -0.4 is 5.73 Å². The van der Waals surface area contributed by atoms with Crippen molar-refractivity contribution in [3.05, 3.63) is 21.9 Å². The monoisotopic (exact) mass is 282 g/mol. The minimum absolute atomic E-state index is 0.137. The van der Waals surface area contributed by atoms with Gasteiger partial charge in [0.2, 0.25) is 0 Å². The molecule has 0 amide bonds. The maximum Gasteiger partial charge on any atom is 0.0693 e. The molecule has 0 aliphatic carbocycles. The van der Waals surface area contributed by atoms with Gasteiger partial charge in [-0.05, 0) is 49.2 Å². The van der Waals surface area contributed by atoms with Gasteiger partial charge in [0.05, 0.1) is 12.1 Å². The molecule has 19 heavy (non-hydrogen) atoms. The van der Waals surface area contributed by atoms with Gasteiger partial charge in [0, 0.05) is 17.5 Å². The molecule has 3 N–H and O–H groups in total. The molecule has 108 valence electrons. The Morgan fingerprint density at radius 1 is 1.58 bits per heavy atom. The Morgan fingerprint density at radius 3 is 2.84 bits per heavy atom. The van der Waals surface area contributed by atoms with Crippen LogP contribution in [-0.4, -0.2) is 35.2 Å². The maximum atomic E-state index is 10.1. The van der Waals surface area contributed by atoms with Gasteiger partial charge in [-0.25, -0.2) is 0 Å². The average Bonchev–Trinajstić information content (AvgIpc) is 2.80. The minimum atomic E-state index is -0.222. The first-order chi connectivity index (χ1) is 9.04. The van der Waals surface area contributed by atoms with Crippen LogP contribution >= 0.6 is 11.3 Å². The summed E-state index contributed by atoms with van der Waals surface area (Å²) in [5.74, 6) is 0.402. The third kappa shape index (κ3) is 3.19. The van der Waals surface area contributed by atoms with Crippen LogP contribution in [0.5, 0.6) is 0 Å². The molecule has 1 aliphatic heterocycles. The number of hydrogen-bond donors (Lipinski definition) is 2. The number of aliphatic hydroxyl groups excluding tert-OH is 1. The average molecular weight is 282 g/mol. The summed E-state index contributed by atoms with van der Waals surface area (Å²) in [5, 5.41) is 12.3. The van der Waals surface area contributed by atoms with Gasteiger partial charge < -0.3 is 10.8 Å². The predicted molar refractivity (Wildman–Crippen MR) is 81.4 cm³/mol. The molecule has 3 nitrogen and oxygen atoms in total. The second-order valence-electron chi connectivity index (χ2n) is 5.81. The first-order valence-electron chi connectivity index (χ1n) is 7.26. The summed E-state index contributed by atoms with van der Waals surface area (Å²) in [6, 6.07) is 2.56. The van der Waals surface area contributed by atoms with Crippen LogP contribution in [0.1, 0.15) is 43.2 Å². The predicted octanol–water partition coefficient (Wildman–Crippen LogP) is 2.54. The summed E-state index contributed by atoms with van der Waals surface area (Å²) in [6.07, 6.45) is 1.79. The quantitative estimate of drug-likeness (QED) is 0.892. The second kappa shape index (κ2) is 6.35. The highest BCUT2D eigenvalue weighted by atomic mass is 32.1. The van der Waals surface area contributed by atoms with Crippen molar-refractivity contribution in [1.82, 2.24) is 4.90 Å². The molecule has 0 saturated carbocycles. The number of thiophene rings is 1. The third-order valence-corrected chi connectivity index (χ3v) is 5.48.